The lowest BCUT2D eigenvalue weighted by atomic mass is 10.1. The highest BCUT2D eigenvalue weighted by molar-refractivity contribution is 8.00. The summed E-state index contributed by atoms with van der Waals surface area (Å²) in [7, 11) is 6.59. The van der Waals surface area contributed by atoms with Gasteiger partial charge in [0.25, 0.3) is 5.56 Å². The maximum Gasteiger partial charge on any atom is 0.332 e. The molecule has 3 rings (SSSR count). The van der Waals surface area contributed by atoms with Gasteiger partial charge < -0.3 is 5.73 Å². The van der Waals surface area contributed by atoms with Crippen LogP contribution < -0.4 is 17.0 Å². The van der Waals surface area contributed by atoms with Gasteiger partial charge in [0.05, 0.1) is 11.3 Å². The van der Waals surface area contributed by atoms with Crippen molar-refractivity contribution < 1.29 is 4.79 Å². The van der Waals surface area contributed by atoms with E-state index in [-0.39, 0.29) is 17.4 Å². The zero-order chi connectivity index (χ0) is 24.6. The van der Waals surface area contributed by atoms with E-state index >= 15 is 0 Å². The van der Waals surface area contributed by atoms with Crippen LogP contribution in [0.4, 0.5) is 5.82 Å². The molecule has 0 aliphatic heterocycles. The Labute approximate surface area is 200 Å². The van der Waals surface area contributed by atoms with Gasteiger partial charge in [0.15, 0.2) is 16.8 Å². The fourth-order valence-electron chi connectivity index (χ4n) is 3.20. The summed E-state index contributed by atoms with van der Waals surface area (Å²) in [5.41, 5.74) is 5.20. The number of carbonyl (C=O) groups is 1. The highest BCUT2D eigenvalue weighted by Crippen LogP contribution is 2.31. The lowest BCUT2D eigenvalue weighted by molar-refractivity contribution is 0.0992. The lowest BCUT2D eigenvalue weighted by Gasteiger charge is -2.21. The van der Waals surface area contributed by atoms with E-state index in [0.29, 0.717) is 16.0 Å². The monoisotopic (exact) mass is 491 g/mol. The van der Waals surface area contributed by atoms with Gasteiger partial charge >= 0.3 is 5.69 Å². The van der Waals surface area contributed by atoms with Crippen LogP contribution in [-0.4, -0.2) is 53.9 Å². The van der Waals surface area contributed by atoms with Gasteiger partial charge in [-0.15, -0.1) is 10.2 Å². The third-order valence-electron chi connectivity index (χ3n) is 5.50. The third kappa shape index (κ3) is 4.61. The molecule has 1 aromatic carbocycles. The number of nitrogen functional groups attached to an aromatic ring is 1. The van der Waals surface area contributed by atoms with E-state index in [4.69, 9.17) is 17.3 Å². The number of hydrogen-bond donors (Lipinski definition) is 1. The predicted molar refractivity (Wildman–Crippen MR) is 129 cm³/mol. The maximum atomic E-state index is 13.2. The largest absolute Gasteiger partial charge is 0.384 e. The van der Waals surface area contributed by atoms with Crippen LogP contribution in [0, 0.1) is 0 Å². The van der Waals surface area contributed by atoms with E-state index in [9.17, 15) is 14.4 Å². The number of hydrogen-bond acceptors (Lipinski definition) is 8. The van der Waals surface area contributed by atoms with Crippen LogP contribution >= 0.6 is 23.4 Å². The van der Waals surface area contributed by atoms with E-state index in [1.807, 2.05) is 42.6 Å². The molecule has 0 saturated carbocycles. The van der Waals surface area contributed by atoms with Crippen LogP contribution in [-0.2, 0) is 14.1 Å². The molecule has 2 aromatic heterocycles. The number of benzene rings is 1. The molecule has 2 N–H and O–H groups in total. The van der Waals surface area contributed by atoms with Crippen molar-refractivity contribution in [2.24, 2.45) is 14.1 Å². The number of rotatable bonds is 7. The molecule has 3 aromatic rings. The van der Waals surface area contributed by atoms with Gasteiger partial charge in [-0.2, -0.15) is 0 Å². The Morgan fingerprint density at radius 2 is 1.70 bits per heavy atom. The van der Waals surface area contributed by atoms with Crippen LogP contribution in [0.3, 0.4) is 0 Å². The summed E-state index contributed by atoms with van der Waals surface area (Å²) in [6.07, 6.45) is 0. The van der Waals surface area contributed by atoms with Crippen molar-refractivity contribution in [3.05, 3.63) is 61.5 Å². The van der Waals surface area contributed by atoms with Crippen LogP contribution in [0.25, 0.3) is 5.69 Å². The van der Waals surface area contributed by atoms with Crippen molar-refractivity contribution in [1.29, 1.82) is 0 Å². The first-order valence-corrected chi connectivity index (χ1v) is 11.4. The van der Waals surface area contributed by atoms with Gasteiger partial charge in [-0.1, -0.05) is 23.4 Å². The first-order valence-electron chi connectivity index (χ1n) is 10.1. The minimum absolute atomic E-state index is 0.0693. The smallest absolute Gasteiger partial charge is 0.332 e. The average molecular weight is 492 g/mol. The standard InChI is InChI=1S/C21H26ClN7O3S/c1-11(26(3)4)18-24-25-20(29(18)14-9-7-13(22)8-10-14)33-12(2)16(30)15-17(23)27(5)21(32)28(6)19(15)31/h7-12H,23H2,1-6H3. The molecule has 176 valence electrons. The molecule has 0 aliphatic rings. The SMILES string of the molecule is CC(Sc1nnc(C(C)N(C)C)n1-c1ccc(Cl)cc1)C(=O)c1c(N)n(C)c(=O)n(C)c1=O. The van der Waals surface area contributed by atoms with Gasteiger partial charge in [-0.25, -0.2) is 4.79 Å². The molecule has 10 nitrogen and oxygen atoms in total. The molecular formula is C21H26ClN7O3S. The predicted octanol–water partition coefficient (Wildman–Crippen LogP) is 1.89. The van der Waals surface area contributed by atoms with Gasteiger partial charge in [0, 0.05) is 24.8 Å². The van der Waals surface area contributed by atoms with Crippen LogP contribution in [0.5, 0.6) is 0 Å². The number of carbonyl (C=O) groups excluding carboxylic acids is 1. The van der Waals surface area contributed by atoms with E-state index in [0.717, 1.165) is 26.6 Å². The van der Waals surface area contributed by atoms with E-state index in [1.165, 1.54) is 14.1 Å². The highest BCUT2D eigenvalue weighted by Gasteiger charge is 2.28. The third-order valence-corrected chi connectivity index (χ3v) is 6.79. The second kappa shape index (κ2) is 9.54. The molecule has 0 spiro atoms. The number of nitrogens with zero attached hydrogens (tertiary/aromatic N) is 6. The van der Waals surface area contributed by atoms with Crippen molar-refractivity contribution in [2.45, 2.75) is 30.3 Å². The quantitative estimate of drug-likeness (QED) is 0.393. The van der Waals surface area contributed by atoms with Crippen LogP contribution in [0.1, 0.15) is 36.1 Å². The van der Waals surface area contributed by atoms with Crippen molar-refractivity contribution >= 4 is 35.0 Å². The normalized spacial score (nSPS) is 13.3. The van der Waals surface area contributed by atoms with E-state index in [2.05, 4.69) is 10.2 Å². The van der Waals surface area contributed by atoms with Crippen molar-refractivity contribution in [2.75, 3.05) is 19.8 Å². The summed E-state index contributed by atoms with van der Waals surface area (Å²) in [5, 5.41) is 9.03. The molecule has 2 atom stereocenters. The molecule has 12 heteroatoms. The van der Waals surface area contributed by atoms with E-state index < -0.39 is 22.3 Å². The molecule has 2 heterocycles. The number of ketones is 1. The number of aromatic nitrogens is 5. The molecular weight excluding hydrogens is 466 g/mol. The molecule has 0 radical (unpaired) electrons. The summed E-state index contributed by atoms with van der Waals surface area (Å²) < 4.78 is 3.81. The molecule has 33 heavy (non-hydrogen) atoms. The lowest BCUT2D eigenvalue weighted by Crippen LogP contribution is -2.42. The Morgan fingerprint density at radius 1 is 1.09 bits per heavy atom. The minimum atomic E-state index is -0.728. The topological polar surface area (TPSA) is 121 Å². The fraction of sp³-hybridized carbons (Fsp3) is 0.381. The Kier molecular flexibility index (Phi) is 7.15. The second-order valence-corrected chi connectivity index (χ2v) is 9.63. The summed E-state index contributed by atoms with van der Waals surface area (Å²) >= 11 is 7.21. The Morgan fingerprint density at radius 3 is 2.27 bits per heavy atom. The molecule has 0 saturated heterocycles. The fourth-order valence-corrected chi connectivity index (χ4v) is 4.26. The van der Waals surface area contributed by atoms with Crippen LogP contribution in [0.2, 0.25) is 5.02 Å². The van der Waals surface area contributed by atoms with Gasteiger partial charge in [-0.3, -0.25) is 28.2 Å². The van der Waals surface area contributed by atoms with E-state index in [1.54, 1.807) is 19.1 Å². The summed E-state index contributed by atoms with van der Waals surface area (Å²) in [4.78, 5) is 40.0. The van der Waals surface area contributed by atoms with Crippen molar-refractivity contribution in [3.63, 3.8) is 0 Å². The molecule has 0 amide bonds. The highest BCUT2D eigenvalue weighted by atomic mass is 35.5. The van der Waals surface area contributed by atoms with Gasteiger partial charge in [-0.05, 0) is 52.2 Å². The summed E-state index contributed by atoms with van der Waals surface area (Å²) in [6, 6.07) is 7.14. The summed E-state index contributed by atoms with van der Waals surface area (Å²) in [6.45, 7) is 3.65. The molecule has 0 bridgehead atoms. The molecule has 0 aliphatic carbocycles. The zero-order valence-electron chi connectivity index (χ0n) is 19.2. The Hall–Kier alpha value is -2.89. The minimum Gasteiger partial charge on any atom is -0.384 e. The van der Waals surface area contributed by atoms with Gasteiger partial charge in [0.1, 0.15) is 11.4 Å². The first-order chi connectivity index (χ1) is 15.5. The first kappa shape index (κ1) is 24.7. The molecule has 0 fully saturated rings. The second-order valence-electron chi connectivity index (χ2n) is 7.88. The van der Waals surface area contributed by atoms with Crippen molar-refractivity contribution in [3.8, 4) is 5.69 Å². The Bertz CT molecular complexity index is 1310. The zero-order valence-corrected chi connectivity index (χ0v) is 20.8. The maximum absolute atomic E-state index is 13.2. The number of anilines is 1. The van der Waals surface area contributed by atoms with Crippen molar-refractivity contribution in [1.82, 2.24) is 28.8 Å². The number of nitrogens with two attached hydrogens (primary N) is 1. The summed E-state index contributed by atoms with van der Waals surface area (Å²) in [5.74, 6) is 0.0187. The van der Waals surface area contributed by atoms with Crippen LogP contribution in [0.15, 0.2) is 39.0 Å². The van der Waals surface area contributed by atoms with Gasteiger partial charge in [0.2, 0.25) is 0 Å². The number of halogens is 1. The number of thioether (sulfide) groups is 1. The Balaban J connectivity index is 2.05. The number of Topliss-reactive ketones (excluding diaryl/α,β-unsaturated/α-hetero) is 1. The average Bonchev–Trinajstić information content (AvgIpc) is 3.19. The molecule has 2 unspecified atom stereocenters.